The van der Waals surface area contributed by atoms with Crippen molar-refractivity contribution >= 4 is 108 Å². The molecule has 0 saturated carbocycles. The molecule has 3 heteroatoms. The lowest BCUT2D eigenvalue weighted by Gasteiger charge is -2.17. The van der Waals surface area contributed by atoms with Gasteiger partial charge < -0.3 is 8.83 Å². The van der Waals surface area contributed by atoms with Gasteiger partial charge in [0, 0.05) is 52.7 Å². The highest BCUT2D eigenvalue weighted by molar-refractivity contribution is 7.26. The van der Waals surface area contributed by atoms with Crippen molar-refractivity contribution in [3.63, 3.8) is 0 Å². The highest BCUT2D eigenvalue weighted by Crippen LogP contribution is 2.47. The van der Waals surface area contributed by atoms with Gasteiger partial charge >= 0.3 is 0 Å². The summed E-state index contributed by atoms with van der Waals surface area (Å²) in [6.07, 6.45) is 0. The molecule has 0 N–H and O–H groups in total. The van der Waals surface area contributed by atoms with Gasteiger partial charge in [-0.15, -0.1) is 11.3 Å². The van der Waals surface area contributed by atoms with Crippen LogP contribution in [0.5, 0.6) is 0 Å². The molecule has 57 heavy (non-hydrogen) atoms. The van der Waals surface area contributed by atoms with Crippen molar-refractivity contribution in [2.45, 2.75) is 0 Å². The highest BCUT2D eigenvalue weighted by Gasteiger charge is 2.20. The molecule has 0 bridgehead atoms. The third-order valence-electron chi connectivity index (χ3n) is 12.0. The molecule has 3 aromatic heterocycles. The fourth-order valence-corrected chi connectivity index (χ4v) is 10.7. The van der Waals surface area contributed by atoms with Crippen LogP contribution in [0, 0.1) is 0 Å². The van der Waals surface area contributed by atoms with E-state index >= 15 is 0 Å². The maximum atomic E-state index is 6.79. The highest BCUT2D eigenvalue weighted by atomic mass is 32.1. The van der Waals surface area contributed by atoms with Gasteiger partial charge in [0.05, 0.1) is 0 Å². The fraction of sp³-hybridized carbons (Fsp3) is 0. The average Bonchev–Trinajstić information content (AvgIpc) is 3.96. The van der Waals surface area contributed by atoms with Crippen molar-refractivity contribution in [2.75, 3.05) is 0 Å². The van der Waals surface area contributed by atoms with Crippen LogP contribution in [0.15, 0.2) is 191 Å². The predicted octanol–water partition coefficient (Wildman–Crippen LogP) is 16.3. The Morgan fingerprint density at radius 2 is 0.930 bits per heavy atom. The quantitative estimate of drug-likeness (QED) is 0.169. The molecule has 0 aliphatic heterocycles. The number of hydrogen-bond acceptors (Lipinski definition) is 3. The zero-order chi connectivity index (χ0) is 37.2. The lowest BCUT2D eigenvalue weighted by atomic mass is 9.86. The average molecular weight is 743 g/mol. The van der Waals surface area contributed by atoms with E-state index < -0.39 is 0 Å². The van der Waals surface area contributed by atoms with Crippen LogP contribution in [-0.2, 0) is 0 Å². The Hall–Kier alpha value is -7.20. The first-order chi connectivity index (χ1) is 28.3. The number of benzene rings is 10. The largest absolute Gasteiger partial charge is 0.455 e. The van der Waals surface area contributed by atoms with Gasteiger partial charge in [-0.05, 0) is 97.2 Å². The third-order valence-corrected chi connectivity index (χ3v) is 13.2. The van der Waals surface area contributed by atoms with Crippen LogP contribution < -0.4 is 0 Å². The molecule has 10 aromatic carbocycles. The Kier molecular flexibility index (Phi) is 6.35. The molecule has 0 saturated heterocycles. The Morgan fingerprint density at radius 1 is 0.316 bits per heavy atom. The zero-order valence-corrected chi connectivity index (χ0v) is 31.4. The molecule has 0 amide bonds. The van der Waals surface area contributed by atoms with E-state index in [1.54, 1.807) is 0 Å². The second kappa shape index (κ2) is 11.7. The Bertz CT molecular complexity index is 3750. The molecule has 0 fully saturated rings. The van der Waals surface area contributed by atoms with E-state index in [1.165, 1.54) is 69.4 Å². The van der Waals surface area contributed by atoms with Gasteiger partial charge in [-0.25, -0.2) is 0 Å². The second-order valence-electron chi connectivity index (χ2n) is 15.1. The van der Waals surface area contributed by atoms with Crippen LogP contribution in [0.2, 0.25) is 0 Å². The minimum Gasteiger partial charge on any atom is -0.455 e. The molecular weight excluding hydrogens is 713 g/mol. The van der Waals surface area contributed by atoms with Crippen molar-refractivity contribution < 1.29 is 8.83 Å². The Balaban J connectivity index is 1.01. The molecule has 0 radical (unpaired) electrons. The van der Waals surface area contributed by atoms with Crippen LogP contribution in [0.4, 0.5) is 0 Å². The maximum Gasteiger partial charge on any atom is 0.143 e. The monoisotopic (exact) mass is 742 g/mol. The van der Waals surface area contributed by atoms with E-state index in [2.05, 4.69) is 182 Å². The smallest absolute Gasteiger partial charge is 0.143 e. The third kappa shape index (κ3) is 4.40. The van der Waals surface area contributed by atoms with Gasteiger partial charge in [0.1, 0.15) is 22.3 Å². The minimum absolute atomic E-state index is 0.878. The van der Waals surface area contributed by atoms with Gasteiger partial charge in [0.15, 0.2) is 0 Å². The summed E-state index contributed by atoms with van der Waals surface area (Å²) in [4.78, 5) is 0. The molecule has 0 aliphatic carbocycles. The predicted molar refractivity (Wildman–Crippen MR) is 243 cm³/mol. The summed E-state index contributed by atoms with van der Waals surface area (Å²) in [5, 5.41) is 14.3. The molecule has 0 unspecified atom stereocenters. The summed E-state index contributed by atoms with van der Waals surface area (Å²) in [6.45, 7) is 0. The summed E-state index contributed by atoms with van der Waals surface area (Å²) in [5.41, 5.74) is 10.7. The molecule has 264 valence electrons. The lowest BCUT2D eigenvalue weighted by Crippen LogP contribution is -1.90. The number of thiophene rings is 1. The Morgan fingerprint density at radius 3 is 1.72 bits per heavy atom. The zero-order valence-electron chi connectivity index (χ0n) is 30.5. The first-order valence-corrected chi connectivity index (χ1v) is 20.2. The number of rotatable bonds is 3. The van der Waals surface area contributed by atoms with Crippen molar-refractivity contribution in [3.8, 4) is 33.4 Å². The van der Waals surface area contributed by atoms with E-state index in [-0.39, 0.29) is 0 Å². The van der Waals surface area contributed by atoms with Crippen LogP contribution in [0.1, 0.15) is 0 Å². The summed E-state index contributed by atoms with van der Waals surface area (Å²) in [7, 11) is 0. The number of para-hydroxylation sites is 1. The fourth-order valence-electron chi connectivity index (χ4n) is 9.56. The van der Waals surface area contributed by atoms with Gasteiger partial charge in [-0.1, -0.05) is 140 Å². The molecule has 13 aromatic rings. The van der Waals surface area contributed by atoms with E-state index in [1.807, 2.05) is 11.3 Å². The maximum absolute atomic E-state index is 6.79. The second-order valence-corrected chi connectivity index (χ2v) is 16.2. The van der Waals surface area contributed by atoms with Gasteiger partial charge in [0.25, 0.3) is 0 Å². The minimum atomic E-state index is 0.878. The van der Waals surface area contributed by atoms with Crippen molar-refractivity contribution in [3.05, 3.63) is 182 Å². The first kappa shape index (κ1) is 31.1. The van der Waals surface area contributed by atoms with Crippen LogP contribution in [0.25, 0.3) is 130 Å². The molecular formula is C54H30O2S. The van der Waals surface area contributed by atoms with Crippen LogP contribution in [0.3, 0.4) is 0 Å². The van der Waals surface area contributed by atoms with Crippen LogP contribution in [-0.4, -0.2) is 0 Å². The number of hydrogen-bond donors (Lipinski definition) is 0. The normalized spacial score (nSPS) is 12.2. The SMILES string of the molecule is c1ccc(-c2c3ccccc3c(-c3ccc4oc5c(-c6ccc7ccc8c(oc9ccc%10sc%11ccccc%11c%10c98)c7c6)cccc5c4c3)c3ccccc23)cc1. The first-order valence-electron chi connectivity index (χ1n) is 19.4. The molecule has 0 spiro atoms. The lowest BCUT2D eigenvalue weighted by molar-refractivity contribution is 0.670. The van der Waals surface area contributed by atoms with E-state index in [0.717, 1.165) is 60.4 Å². The van der Waals surface area contributed by atoms with Gasteiger partial charge in [-0.3, -0.25) is 0 Å². The standard InChI is InChI=1S/C54H30O2S/c1-2-11-32(12-3-1)49-36-13-4-6-15-38(36)50(39-16-7-5-14-37(39)49)34-24-26-45-44(30-34)40-19-10-18-35(53(40)55-45)33-22-21-31-23-25-42-51-46(56-54(42)43(31)29-33)27-28-48-52(51)41-17-8-9-20-47(41)57-48/h1-30H. The van der Waals surface area contributed by atoms with Crippen molar-refractivity contribution in [1.82, 2.24) is 0 Å². The summed E-state index contributed by atoms with van der Waals surface area (Å²) in [5.74, 6) is 0. The van der Waals surface area contributed by atoms with Crippen LogP contribution >= 0.6 is 11.3 Å². The molecule has 2 nitrogen and oxygen atoms in total. The summed E-state index contributed by atoms with van der Waals surface area (Å²) < 4.78 is 16.1. The molecule has 13 rings (SSSR count). The summed E-state index contributed by atoms with van der Waals surface area (Å²) >= 11 is 1.84. The molecule has 3 heterocycles. The molecule has 0 aliphatic rings. The van der Waals surface area contributed by atoms with Crippen molar-refractivity contribution in [1.29, 1.82) is 0 Å². The van der Waals surface area contributed by atoms with Gasteiger partial charge in [0.2, 0.25) is 0 Å². The van der Waals surface area contributed by atoms with Gasteiger partial charge in [-0.2, -0.15) is 0 Å². The van der Waals surface area contributed by atoms with E-state index in [9.17, 15) is 0 Å². The van der Waals surface area contributed by atoms with E-state index in [4.69, 9.17) is 8.83 Å². The Labute approximate surface area is 330 Å². The number of fused-ring (bicyclic) bond motifs is 14. The summed E-state index contributed by atoms with van der Waals surface area (Å²) in [6, 6.07) is 65.8. The topological polar surface area (TPSA) is 26.3 Å². The molecule has 0 atom stereocenters. The van der Waals surface area contributed by atoms with E-state index in [0.29, 0.717) is 0 Å². The van der Waals surface area contributed by atoms with Crippen molar-refractivity contribution in [2.24, 2.45) is 0 Å². The number of furan rings is 2.